The largest absolute Gasteiger partial charge is 0.371 e. The van der Waals surface area contributed by atoms with E-state index < -0.39 is 0 Å². The second-order valence-corrected chi connectivity index (χ2v) is 11.3. The molecule has 0 atom stereocenters. The molecule has 0 unspecified atom stereocenters. The summed E-state index contributed by atoms with van der Waals surface area (Å²) in [5.41, 5.74) is 6.63. The Hall–Kier alpha value is -4.45. The smallest absolute Gasteiger partial charge is 0.261 e. The van der Waals surface area contributed by atoms with Crippen LogP contribution in [0.1, 0.15) is 67.0 Å². The van der Waals surface area contributed by atoms with Crippen molar-refractivity contribution in [3.63, 3.8) is 0 Å². The van der Waals surface area contributed by atoms with Crippen LogP contribution in [0.2, 0.25) is 0 Å². The molecule has 2 aliphatic heterocycles. The molecule has 6 nitrogen and oxygen atoms in total. The van der Waals surface area contributed by atoms with Crippen molar-refractivity contribution >= 4 is 39.9 Å². The van der Waals surface area contributed by atoms with E-state index in [2.05, 4.69) is 4.90 Å². The van der Waals surface area contributed by atoms with E-state index >= 15 is 0 Å². The predicted molar refractivity (Wildman–Crippen MR) is 164 cm³/mol. The predicted octanol–water partition coefficient (Wildman–Crippen LogP) is 6.70. The van der Waals surface area contributed by atoms with Gasteiger partial charge in [0, 0.05) is 65.0 Å². The van der Waals surface area contributed by atoms with Crippen LogP contribution in [0.3, 0.4) is 0 Å². The number of carbonyl (C=O) groups is 3. The first-order chi connectivity index (χ1) is 19.8. The Bertz CT molecular complexity index is 1650. The highest BCUT2D eigenvalue weighted by atomic mass is 16.2. The fourth-order valence-electron chi connectivity index (χ4n) is 6.24. The van der Waals surface area contributed by atoms with Gasteiger partial charge in [0.25, 0.3) is 17.7 Å². The van der Waals surface area contributed by atoms with Crippen LogP contribution in [-0.2, 0) is 0 Å². The number of carbonyl (C=O) groups excluding carboxylic acids is 3. The maximum absolute atomic E-state index is 13.8. The van der Waals surface area contributed by atoms with Crippen LogP contribution in [0.15, 0.2) is 72.8 Å². The molecule has 6 rings (SSSR count). The summed E-state index contributed by atoms with van der Waals surface area (Å²) in [6, 6.07) is 23.1. The lowest BCUT2D eigenvalue weighted by atomic mass is 9.92. The van der Waals surface area contributed by atoms with E-state index in [1.807, 2.05) is 93.6 Å². The number of piperidine rings is 1. The molecule has 2 heterocycles. The zero-order valence-corrected chi connectivity index (χ0v) is 23.9. The van der Waals surface area contributed by atoms with Gasteiger partial charge in [0.05, 0.1) is 0 Å². The normalized spacial score (nSPS) is 15.0. The summed E-state index contributed by atoms with van der Waals surface area (Å²) < 4.78 is 0. The summed E-state index contributed by atoms with van der Waals surface area (Å²) in [6.45, 7) is 8.22. The molecular formula is C35H35N3O3. The molecule has 1 saturated heterocycles. The lowest BCUT2D eigenvalue weighted by Crippen LogP contribution is -2.46. The summed E-state index contributed by atoms with van der Waals surface area (Å²) >= 11 is 0. The molecule has 1 fully saturated rings. The van der Waals surface area contributed by atoms with E-state index in [1.54, 1.807) is 4.90 Å². The maximum atomic E-state index is 13.8. The first-order valence-corrected chi connectivity index (χ1v) is 14.5. The molecule has 208 valence electrons. The summed E-state index contributed by atoms with van der Waals surface area (Å²) in [7, 11) is 0. The number of imide groups is 1. The van der Waals surface area contributed by atoms with Crippen LogP contribution in [0.4, 0.5) is 11.4 Å². The Morgan fingerprint density at radius 3 is 2.17 bits per heavy atom. The number of nitrogens with zero attached hydrogens (tertiary/aromatic N) is 3. The first-order valence-electron chi connectivity index (χ1n) is 14.5. The van der Waals surface area contributed by atoms with Gasteiger partial charge in [-0.05, 0) is 82.0 Å². The van der Waals surface area contributed by atoms with Gasteiger partial charge in [-0.25, -0.2) is 0 Å². The molecule has 4 aromatic rings. The van der Waals surface area contributed by atoms with Gasteiger partial charge >= 0.3 is 0 Å². The first kappa shape index (κ1) is 26.8. The van der Waals surface area contributed by atoms with Crippen molar-refractivity contribution in [1.29, 1.82) is 0 Å². The van der Waals surface area contributed by atoms with Crippen molar-refractivity contribution in [2.45, 2.75) is 40.0 Å². The minimum Gasteiger partial charge on any atom is -0.371 e. The molecule has 41 heavy (non-hydrogen) atoms. The molecule has 0 saturated carbocycles. The van der Waals surface area contributed by atoms with E-state index in [0.717, 1.165) is 64.8 Å². The van der Waals surface area contributed by atoms with Crippen LogP contribution in [-0.4, -0.2) is 48.8 Å². The molecule has 0 bridgehead atoms. The summed E-state index contributed by atoms with van der Waals surface area (Å²) in [4.78, 5) is 46.8. The Morgan fingerprint density at radius 2 is 1.46 bits per heavy atom. The zero-order chi connectivity index (χ0) is 28.7. The summed E-state index contributed by atoms with van der Waals surface area (Å²) in [5, 5.41) is 1.69. The van der Waals surface area contributed by atoms with Gasteiger partial charge in [0.15, 0.2) is 0 Å². The molecule has 0 radical (unpaired) electrons. The second kappa shape index (κ2) is 10.8. The molecule has 0 N–H and O–H groups in total. The molecule has 2 aliphatic rings. The third kappa shape index (κ3) is 4.88. The molecule has 3 amide bonds. The summed E-state index contributed by atoms with van der Waals surface area (Å²) in [6.07, 6.45) is 3.52. The number of rotatable bonds is 6. The molecule has 0 spiro atoms. The quantitative estimate of drug-likeness (QED) is 0.253. The highest BCUT2D eigenvalue weighted by Crippen LogP contribution is 2.37. The van der Waals surface area contributed by atoms with Crippen molar-refractivity contribution in [1.82, 2.24) is 4.90 Å². The second-order valence-electron chi connectivity index (χ2n) is 11.3. The van der Waals surface area contributed by atoms with Crippen LogP contribution < -0.4 is 9.80 Å². The van der Waals surface area contributed by atoms with Gasteiger partial charge in [0.1, 0.15) is 0 Å². The number of benzene rings is 4. The SMILES string of the molecule is Cc1ccc(C(=O)N(CCN2C(=O)c3cccc4c(N5CCCCC5)ccc(c34)C2=O)c2ccc(C)cc2C)cc1. The molecular weight excluding hydrogens is 510 g/mol. The maximum Gasteiger partial charge on any atom is 0.261 e. The lowest BCUT2D eigenvalue weighted by Gasteiger charge is -2.33. The standard InChI is InChI=1S/C35H35N3O3/c1-23-10-13-26(14-11-23)33(39)37(30-16-12-24(2)22-25(30)3)20-21-38-34(40)28-9-7-8-27-31(36-18-5-4-6-19-36)17-15-29(32(27)28)35(38)41/h7-17,22H,4-6,18-21H2,1-3H3. The average molecular weight is 546 g/mol. The minimum absolute atomic E-state index is 0.0896. The van der Waals surface area contributed by atoms with E-state index in [0.29, 0.717) is 16.7 Å². The molecule has 0 aliphatic carbocycles. The van der Waals surface area contributed by atoms with Crippen LogP contribution in [0.5, 0.6) is 0 Å². The third-order valence-electron chi connectivity index (χ3n) is 8.40. The third-order valence-corrected chi connectivity index (χ3v) is 8.40. The Kier molecular flexibility index (Phi) is 7.08. The molecule has 0 aromatic heterocycles. The topological polar surface area (TPSA) is 60.9 Å². The fraction of sp³-hybridized carbons (Fsp3) is 0.286. The van der Waals surface area contributed by atoms with Crippen LogP contribution in [0.25, 0.3) is 10.8 Å². The van der Waals surface area contributed by atoms with Crippen molar-refractivity contribution in [3.8, 4) is 0 Å². The van der Waals surface area contributed by atoms with Gasteiger partial charge in [0.2, 0.25) is 0 Å². The molecule has 6 heteroatoms. The van der Waals surface area contributed by atoms with E-state index in [1.165, 1.54) is 11.3 Å². The summed E-state index contributed by atoms with van der Waals surface area (Å²) in [5.74, 6) is -0.790. The number of aryl methyl sites for hydroxylation is 3. The Labute approximate surface area is 241 Å². The number of anilines is 2. The Morgan fingerprint density at radius 1 is 0.780 bits per heavy atom. The Balaban J connectivity index is 1.33. The van der Waals surface area contributed by atoms with Gasteiger partial charge in [-0.2, -0.15) is 0 Å². The van der Waals surface area contributed by atoms with E-state index in [9.17, 15) is 14.4 Å². The van der Waals surface area contributed by atoms with Gasteiger partial charge in [-0.3, -0.25) is 19.3 Å². The highest BCUT2D eigenvalue weighted by molar-refractivity contribution is 6.26. The fourth-order valence-corrected chi connectivity index (χ4v) is 6.24. The van der Waals surface area contributed by atoms with Crippen molar-refractivity contribution in [3.05, 3.63) is 106 Å². The van der Waals surface area contributed by atoms with Crippen LogP contribution in [0, 0.1) is 20.8 Å². The van der Waals surface area contributed by atoms with Crippen molar-refractivity contribution in [2.24, 2.45) is 0 Å². The van der Waals surface area contributed by atoms with E-state index in [4.69, 9.17) is 0 Å². The van der Waals surface area contributed by atoms with Crippen LogP contribution >= 0.6 is 0 Å². The van der Waals surface area contributed by atoms with E-state index in [-0.39, 0.29) is 30.8 Å². The van der Waals surface area contributed by atoms with Gasteiger partial charge in [-0.15, -0.1) is 0 Å². The number of hydrogen-bond acceptors (Lipinski definition) is 4. The monoisotopic (exact) mass is 545 g/mol. The zero-order valence-electron chi connectivity index (χ0n) is 23.9. The highest BCUT2D eigenvalue weighted by Gasteiger charge is 2.34. The molecule has 4 aromatic carbocycles. The van der Waals surface area contributed by atoms with Gasteiger partial charge in [-0.1, -0.05) is 47.5 Å². The number of hydrogen-bond donors (Lipinski definition) is 0. The number of amides is 3. The minimum atomic E-state index is -0.313. The van der Waals surface area contributed by atoms with Crippen molar-refractivity contribution in [2.75, 3.05) is 36.0 Å². The van der Waals surface area contributed by atoms with Gasteiger partial charge < -0.3 is 9.80 Å². The van der Waals surface area contributed by atoms with Crippen molar-refractivity contribution < 1.29 is 14.4 Å². The lowest BCUT2D eigenvalue weighted by molar-refractivity contribution is 0.0611. The average Bonchev–Trinajstić information content (AvgIpc) is 2.98.